The van der Waals surface area contributed by atoms with Crippen LogP contribution in [-0.4, -0.2) is 79.1 Å². The number of carbonyl (C=O) groups is 3. The highest BCUT2D eigenvalue weighted by Gasteiger charge is 2.77. The predicted molar refractivity (Wildman–Crippen MR) is 121 cm³/mol. The smallest absolute Gasteiger partial charge is 0.308 e. The van der Waals surface area contributed by atoms with Gasteiger partial charge in [0.05, 0.1) is 29.2 Å². The first-order valence-corrected chi connectivity index (χ1v) is 12.3. The summed E-state index contributed by atoms with van der Waals surface area (Å²) in [5.74, 6) is -2.94. The molecular formula is C23H36N2O5S. The largest absolute Gasteiger partial charge is 0.481 e. The van der Waals surface area contributed by atoms with Crippen LogP contribution in [0.5, 0.6) is 0 Å². The van der Waals surface area contributed by atoms with Crippen molar-refractivity contribution in [2.24, 2.45) is 11.8 Å². The Labute approximate surface area is 189 Å². The van der Waals surface area contributed by atoms with Gasteiger partial charge in [-0.25, -0.2) is 0 Å². The number of carbonyl (C=O) groups excluding carboxylic acids is 2. The quantitative estimate of drug-likeness (QED) is 0.369. The van der Waals surface area contributed by atoms with Gasteiger partial charge in [0.15, 0.2) is 0 Å². The molecule has 0 aromatic heterocycles. The number of hydrogen-bond donors (Lipinski definition) is 2. The number of thioether (sulfide) groups is 1. The normalized spacial score (nSPS) is 34.6. The number of nitrogens with zero attached hydrogens (tertiary/aromatic N) is 2. The number of carboxylic acid groups (broad SMARTS) is 1. The average molecular weight is 453 g/mol. The van der Waals surface area contributed by atoms with Gasteiger partial charge in [0, 0.05) is 17.8 Å². The van der Waals surface area contributed by atoms with Gasteiger partial charge in [-0.3, -0.25) is 14.4 Å². The minimum absolute atomic E-state index is 0.137. The van der Waals surface area contributed by atoms with E-state index in [9.17, 15) is 24.6 Å². The highest BCUT2D eigenvalue weighted by Crippen LogP contribution is 2.71. The summed E-state index contributed by atoms with van der Waals surface area (Å²) in [4.78, 5) is 43.2. The van der Waals surface area contributed by atoms with Crippen molar-refractivity contribution < 1.29 is 24.6 Å². The number of likely N-dealkylation sites (tertiary alicyclic amines) is 1. The summed E-state index contributed by atoms with van der Waals surface area (Å²) in [6, 6.07) is -1.25. The van der Waals surface area contributed by atoms with Gasteiger partial charge in [0.2, 0.25) is 11.8 Å². The Morgan fingerprint density at radius 3 is 2.61 bits per heavy atom. The van der Waals surface area contributed by atoms with E-state index < -0.39 is 39.4 Å². The molecule has 6 atom stereocenters. The first-order valence-electron chi connectivity index (χ1n) is 11.5. The Hall–Kier alpha value is -1.54. The lowest BCUT2D eigenvalue weighted by Crippen LogP contribution is -2.57. The van der Waals surface area contributed by atoms with Gasteiger partial charge in [0.25, 0.3) is 0 Å². The number of carboxylic acids is 1. The second-order valence-corrected chi connectivity index (χ2v) is 11.2. The topological polar surface area (TPSA) is 98.2 Å². The van der Waals surface area contributed by atoms with Crippen molar-refractivity contribution >= 4 is 29.5 Å². The summed E-state index contributed by atoms with van der Waals surface area (Å²) in [5, 5.41) is 20.0. The summed E-state index contributed by atoms with van der Waals surface area (Å²) in [5.41, 5.74) is 0. The molecule has 1 spiro atoms. The maximum absolute atomic E-state index is 14.0. The second-order valence-electron chi connectivity index (χ2n) is 9.34. The molecule has 0 aromatic rings. The van der Waals surface area contributed by atoms with E-state index in [0.717, 1.165) is 19.3 Å². The molecule has 7 nitrogen and oxygen atoms in total. The van der Waals surface area contributed by atoms with Gasteiger partial charge < -0.3 is 20.0 Å². The molecule has 3 rings (SSSR count). The summed E-state index contributed by atoms with van der Waals surface area (Å²) in [6.07, 6.45) is 6.42. The fraction of sp³-hybridized carbons (Fsp3) is 0.783. The standard InChI is InChI=1S/C23H36N2O5S/c1-5-8-9-13-24(12-6-2)20(28)18-23-11-10-22(4,31-23)17(21(29)30)16(23)19(27)25(18)15(7-3)14-26/h6,15-18,26H,2,5,7-14H2,1,3-4H3,(H,29,30)/t15-,16-,17-,18?,22+,23?/m0/s1. The number of rotatable bonds is 11. The first kappa shape index (κ1) is 24.1. The average Bonchev–Trinajstić information content (AvgIpc) is 3.29. The van der Waals surface area contributed by atoms with E-state index in [2.05, 4.69) is 13.5 Å². The number of amides is 2. The zero-order chi connectivity index (χ0) is 23.0. The van der Waals surface area contributed by atoms with Crippen LogP contribution in [0.25, 0.3) is 0 Å². The molecule has 0 aliphatic carbocycles. The van der Waals surface area contributed by atoms with Crippen molar-refractivity contribution in [2.75, 3.05) is 19.7 Å². The monoisotopic (exact) mass is 452 g/mol. The van der Waals surface area contributed by atoms with Crippen LogP contribution in [0.1, 0.15) is 59.3 Å². The van der Waals surface area contributed by atoms with Crippen LogP contribution in [-0.2, 0) is 14.4 Å². The first-order chi connectivity index (χ1) is 14.7. The predicted octanol–water partition coefficient (Wildman–Crippen LogP) is 2.53. The van der Waals surface area contributed by atoms with Crippen molar-refractivity contribution in [3.05, 3.63) is 12.7 Å². The minimum atomic E-state index is -0.967. The second kappa shape index (κ2) is 9.14. The van der Waals surface area contributed by atoms with Crippen LogP contribution in [0, 0.1) is 11.8 Å². The van der Waals surface area contributed by atoms with Crippen molar-refractivity contribution in [1.29, 1.82) is 0 Å². The van der Waals surface area contributed by atoms with Crippen LogP contribution in [0.15, 0.2) is 12.7 Å². The Morgan fingerprint density at radius 2 is 2.06 bits per heavy atom. The molecule has 174 valence electrons. The Balaban J connectivity index is 2.06. The summed E-state index contributed by atoms with van der Waals surface area (Å²) in [7, 11) is 0. The molecule has 3 saturated heterocycles. The Kier molecular flexibility index (Phi) is 7.11. The summed E-state index contributed by atoms with van der Waals surface area (Å²) < 4.78 is -1.30. The van der Waals surface area contributed by atoms with Gasteiger partial charge in [-0.05, 0) is 32.6 Å². The van der Waals surface area contributed by atoms with Crippen LogP contribution in [0.2, 0.25) is 0 Å². The third kappa shape index (κ3) is 3.69. The Morgan fingerprint density at radius 1 is 1.35 bits per heavy atom. The SMILES string of the molecule is C=CCN(CCCCC)C(=O)C1N([C@@H](CC)CO)C(=O)[C@@H]2[C@@H](C(=O)O)[C@@]3(C)CCC12S3. The fourth-order valence-corrected chi connectivity index (χ4v) is 8.33. The number of aliphatic carboxylic acids is 1. The number of unbranched alkanes of at least 4 members (excludes halogenated alkanes) is 2. The lowest BCUT2D eigenvalue weighted by atomic mass is 9.66. The molecule has 3 aliphatic heterocycles. The van der Waals surface area contributed by atoms with Crippen LogP contribution < -0.4 is 0 Å². The molecule has 8 heteroatoms. The van der Waals surface area contributed by atoms with Crippen molar-refractivity contribution in [3.63, 3.8) is 0 Å². The van der Waals surface area contributed by atoms with Gasteiger partial charge in [0.1, 0.15) is 6.04 Å². The van der Waals surface area contributed by atoms with E-state index in [1.54, 1.807) is 15.9 Å². The Bertz CT molecular complexity index is 741. The van der Waals surface area contributed by atoms with Crippen LogP contribution in [0.4, 0.5) is 0 Å². The molecule has 2 unspecified atom stereocenters. The molecule has 31 heavy (non-hydrogen) atoms. The van der Waals surface area contributed by atoms with Gasteiger partial charge in [-0.15, -0.1) is 18.3 Å². The third-order valence-electron chi connectivity index (χ3n) is 7.48. The lowest BCUT2D eigenvalue weighted by Gasteiger charge is -2.39. The van der Waals surface area contributed by atoms with E-state index in [1.165, 1.54) is 11.8 Å². The summed E-state index contributed by atoms with van der Waals surface area (Å²) >= 11 is 1.54. The van der Waals surface area contributed by atoms with E-state index >= 15 is 0 Å². The molecular weight excluding hydrogens is 416 g/mol. The molecule has 2 bridgehead atoms. The summed E-state index contributed by atoms with van der Waals surface area (Å²) in [6.45, 7) is 10.4. The number of aliphatic hydroxyl groups excluding tert-OH is 1. The molecule has 0 saturated carbocycles. The van der Waals surface area contributed by atoms with E-state index in [0.29, 0.717) is 32.4 Å². The van der Waals surface area contributed by atoms with Gasteiger partial charge in [-0.1, -0.05) is 32.8 Å². The van der Waals surface area contributed by atoms with E-state index in [1.807, 2.05) is 13.8 Å². The lowest BCUT2D eigenvalue weighted by molar-refractivity contribution is -0.151. The number of aliphatic hydroxyl groups is 1. The highest BCUT2D eigenvalue weighted by atomic mass is 32.2. The van der Waals surface area contributed by atoms with Crippen molar-refractivity contribution in [3.8, 4) is 0 Å². The highest BCUT2D eigenvalue weighted by molar-refractivity contribution is 8.02. The maximum Gasteiger partial charge on any atom is 0.308 e. The molecule has 2 amide bonds. The van der Waals surface area contributed by atoms with Crippen LogP contribution >= 0.6 is 11.8 Å². The van der Waals surface area contributed by atoms with E-state index in [4.69, 9.17) is 0 Å². The number of fused-ring (bicyclic) bond motifs is 1. The molecule has 3 fully saturated rings. The molecule has 2 N–H and O–H groups in total. The molecule has 0 radical (unpaired) electrons. The molecule has 3 heterocycles. The third-order valence-corrected chi connectivity index (χ3v) is 9.47. The zero-order valence-corrected chi connectivity index (χ0v) is 19.7. The zero-order valence-electron chi connectivity index (χ0n) is 18.9. The van der Waals surface area contributed by atoms with Crippen LogP contribution in [0.3, 0.4) is 0 Å². The fourth-order valence-electron chi connectivity index (χ4n) is 6.00. The van der Waals surface area contributed by atoms with Crippen molar-refractivity contribution in [2.45, 2.75) is 80.9 Å². The van der Waals surface area contributed by atoms with Gasteiger partial charge in [-0.2, -0.15) is 0 Å². The van der Waals surface area contributed by atoms with Crippen molar-refractivity contribution in [1.82, 2.24) is 9.80 Å². The van der Waals surface area contributed by atoms with Gasteiger partial charge >= 0.3 is 5.97 Å². The molecule has 0 aromatic carbocycles. The van der Waals surface area contributed by atoms with E-state index in [-0.39, 0.29) is 18.4 Å². The maximum atomic E-state index is 14.0. The number of hydrogen-bond acceptors (Lipinski definition) is 5. The molecule has 3 aliphatic rings. The minimum Gasteiger partial charge on any atom is -0.481 e.